The van der Waals surface area contributed by atoms with Crippen molar-refractivity contribution in [3.8, 4) is 0 Å². The summed E-state index contributed by atoms with van der Waals surface area (Å²) in [6.45, 7) is 0. The molecule has 20 heavy (non-hydrogen) atoms. The van der Waals surface area contributed by atoms with Gasteiger partial charge in [-0.2, -0.15) is 0 Å². The van der Waals surface area contributed by atoms with E-state index >= 15 is 0 Å². The fourth-order valence-corrected chi connectivity index (χ4v) is 2.25. The maximum Gasteiger partial charge on any atom is 0.251 e. The summed E-state index contributed by atoms with van der Waals surface area (Å²) in [5, 5.41) is 5.50. The number of nitrogens with one attached hydrogen (secondary N) is 2. The van der Waals surface area contributed by atoms with E-state index in [1.165, 1.54) is 30.3 Å². The van der Waals surface area contributed by atoms with Crippen LogP contribution >= 0.6 is 11.6 Å². The molecule has 3 rings (SSSR count). The Hall–Kier alpha value is -2.14. The van der Waals surface area contributed by atoms with Gasteiger partial charge in [0.1, 0.15) is 17.7 Å². The number of amides is 1. The molecule has 0 saturated heterocycles. The van der Waals surface area contributed by atoms with E-state index in [-0.39, 0.29) is 10.9 Å². The lowest BCUT2D eigenvalue weighted by Gasteiger charge is -2.13. The van der Waals surface area contributed by atoms with Gasteiger partial charge >= 0.3 is 0 Å². The molecule has 0 bridgehead atoms. The summed E-state index contributed by atoms with van der Waals surface area (Å²) in [6.07, 6.45) is 0. The second kappa shape index (κ2) is 4.76. The van der Waals surface area contributed by atoms with Crippen LogP contribution in [0.3, 0.4) is 0 Å². The summed E-state index contributed by atoms with van der Waals surface area (Å²) in [5.74, 6) is -1.34. The second-order valence-electron chi connectivity index (χ2n) is 4.43. The molecule has 0 fully saturated rings. The van der Waals surface area contributed by atoms with Gasteiger partial charge in [-0.25, -0.2) is 8.78 Å². The van der Waals surface area contributed by atoms with Crippen LogP contribution in [-0.2, 0) is 4.79 Å². The van der Waals surface area contributed by atoms with Crippen LogP contribution in [0.4, 0.5) is 20.2 Å². The molecule has 2 aromatic carbocycles. The molecule has 1 unspecified atom stereocenters. The number of carbonyl (C=O) groups excluding carboxylic acids is 1. The van der Waals surface area contributed by atoms with E-state index in [9.17, 15) is 13.6 Å². The van der Waals surface area contributed by atoms with Gasteiger partial charge in [0.25, 0.3) is 5.91 Å². The lowest BCUT2D eigenvalue weighted by atomic mass is 10.1. The largest absolute Gasteiger partial charge is 0.370 e. The maximum absolute atomic E-state index is 13.4. The van der Waals surface area contributed by atoms with E-state index in [4.69, 9.17) is 11.6 Å². The normalized spacial score (nSPS) is 16.8. The maximum atomic E-state index is 13.4. The van der Waals surface area contributed by atoms with Crippen molar-refractivity contribution >= 4 is 28.9 Å². The minimum absolute atomic E-state index is 0.00197. The average Bonchev–Trinajstić information content (AvgIpc) is 2.70. The molecule has 1 heterocycles. The molecule has 0 radical (unpaired) electrons. The molecule has 1 aliphatic rings. The quantitative estimate of drug-likeness (QED) is 0.886. The summed E-state index contributed by atoms with van der Waals surface area (Å²) < 4.78 is 26.7. The number of hydrogen-bond donors (Lipinski definition) is 2. The van der Waals surface area contributed by atoms with Crippen molar-refractivity contribution in [3.63, 3.8) is 0 Å². The Labute approximate surface area is 118 Å². The number of rotatable bonds is 2. The molecule has 102 valence electrons. The number of benzene rings is 2. The minimum Gasteiger partial charge on any atom is -0.370 e. The molecule has 0 aromatic heterocycles. The number of hydrogen-bond acceptors (Lipinski definition) is 2. The molecule has 6 heteroatoms. The van der Waals surface area contributed by atoms with Crippen LogP contribution in [0.2, 0.25) is 5.02 Å². The SMILES string of the molecule is O=C1Nc2ccc(F)cc2C1Nc1ccc(Cl)c(F)c1. The molecular weight excluding hydrogens is 286 g/mol. The van der Waals surface area contributed by atoms with Crippen molar-refractivity contribution in [2.75, 3.05) is 10.6 Å². The molecule has 1 atom stereocenters. The zero-order chi connectivity index (χ0) is 14.3. The summed E-state index contributed by atoms with van der Waals surface area (Å²) >= 11 is 5.60. The van der Waals surface area contributed by atoms with Crippen molar-refractivity contribution < 1.29 is 13.6 Å². The van der Waals surface area contributed by atoms with Crippen LogP contribution in [0, 0.1) is 11.6 Å². The summed E-state index contributed by atoms with van der Waals surface area (Å²) in [5.41, 5.74) is 1.43. The smallest absolute Gasteiger partial charge is 0.251 e. The Morgan fingerprint density at radius 2 is 1.95 bits per heavy atom. The van der Waals surface area contributed by atoms with Gasteiger partial charge in [0.05, 0.1) is 5.02 Å². The van der Waals surface area contributed by atoms with Gasteiger partial charge in [-0.05, 0) is 36.4 Å². The highest BCUT2D eigenvalue weighted by molar-refractivity contribution is 6.30. The Morgan fingerprint density at radius 3 is 2.70 bits per heavy atom. The van der Waals surface area contributed by atoms with Crippen LogP contribution < -0.4 is 10.6 Å². The first-order chi connectivity index (χ1) is 9.54. The summed E-state index contributed by atoms with van der Waals surface area (Å²) in [6, 6.07) is 7.40. The van der Waals surface area contributed by atoms with Gasteiger partial charge in [-0.1, -0.05) is 11.6 Å². The third-order valence-electron chi connectivity index (χ3n) is 3.08. The third kappa shape index (κ3) is 2.20. The van der Waals surface area contributed by atoms with Crippen LogP contribution in [0.25, 0.3) is 0 Å². The predicted molar refractivity (Wildman–Crippen MR) is 72.8 cm³/mol. The number of fused-ring (bicyclic) bond motifs is 1. The monoisotopic (exact) mass is 294 g/mol. The van der Waals surface area contributed by atoms with E-state index in [2.05, 4.69) is 10.6 Å². The molecule has 0 aliphatic carbocycles. The van der Waals surface area contributed by atoms with Crippen LogP contribution in [0.1, 0.15) is 11.6 Å². The third-order valence-corrected chi connectivity index (χ3v) is 3.38. The summed E-state index contributed by atoms with van der Waals surface area (Å²) in [4.78, 5) is 11.9. The van der Waals surface area contributed by atoms with Crippen molar-refractivity contribution in [2.45, 2.75) is 6.04 Å². The Kier molecular flexibility index (Phi) is 3.06. The number of carbonyl (C=O) groups is 1. The lowest BCUT2D eigenvalue weighted by molar-refractivity contribution is -0.116. The molecule has 1 amide bonds. The van der Waals surface area contributed by atoms with E-state index < -0.39 is 17.7 Å². The van der Waals surface area contributed by atoms with Crippen molar-refractivity contribution in [3.05, 3.63) is 58.6 Å². The first-order valence-corrected chi connectivity index (χ1v) is 6.24. The Balaban J connectivity index is 1.93. The molecule has 2 N–H and O–H groups in total. The number of anilines is 2. The standard InChI is InChI=1S/C14H9ClF2N2O/c15-10-3-2-8(6-11(10)17)18-13-9-5-7(16)1-4-12(9)19-14(13)20/h1-6,13,18H,(H,19,20). The van der Waals surface area contributed by atoms with E-state index in [1.807, 2.05) is 0 Å². The fraction of sp³-hybridized carbons (Fsp3) is 0.0714. The highest BCUT2D eigenvalue weighted by Gasteiger charge is 2.30. The zero-order valence-corrected chi connectivity index (χ0v) is 10.8. The molecule has 3 nitrogen and oxygen atoms in total. The number of halogens is 3. The summed E-state index contributed by atoms with van der Waals surface area (Å²) in [7, 11) is 0. The predicted octanol–water partition coefficient (Wildman–Crippen LogP) is 3.72. The van der Waals surface area contributed by atoms with Crippen LogP contribution in [-0.4, -0.2) is 5.91 Å². The highest BCUT2D eigenvalue weighted by Crippen LogP contribution is 2.34. The van der Waals surface area contributed by atoms with Gasteiger partial charge in [-0.3, -0.25) is 4.79 Å². The highest BCUT2D eigenvalue weighted by atomic mass is 35.5. The molecule has 0 saturated carbocycles. The van der Waals surface area contributed by atoms with E-state index in [0.717, 1.165) is 0 Å². The fourth-order valence-electron chi connectivity index (χ4n) is 2.13. The molecule has 0 spiro atoms. The van der Waals surface area contributed by atoms with Crippen LogP contribution in [0.5, 0.6) is 0 Å². The van der Waals surface area contributed by atoms with E-state index in [0.29, 0.717) is 16.9 Å². The van der Waals surface area contributed by atoms with Crippen molar-refractivity contribution in [1.29, 1.82) is 0 Å². The zero-order valence-electron chi connectivity index (χ0n) is 10.1. The molecular formula is C14H9ClF2N2O. The van der Waals surface area contributed by atoms with Crippen LogP contribution in [0.15, 0.2) is 36.4 Å². The van der Waals surface area contributed by atoms with Gasteiger partial charge < -0.3 is 10.6 Å². The second-order valence-corrected chi connectivity index (χ2v) is 4.83. The van der Waals surface area contributed by atoms with E-state index in [1.54, 1.807) is 6.07 Å². The van der Waals surface area contributed by atoms with Gasteiger partial charge in [-0.15, -0.1) is 0 Å². The topological polar surface area (TPSA) is 41.1 Å². The lowest BCUT2D eigenvalue weighted by Crippen LogP contribution is -2.19. The first-order valence-electron chi connectivity index (χ1n) is 5.86. The average molecular weight is 295 g/mol. The van der Waals surface area contributed by atoms with Crippen molar-refractivity contribution in [2.24, 2.45) is 0 Å². The minimum atomic E-state index is -0.763. The van der Waals surface area contributed by atoms with Gasteiger partial charge in [0.15, 0.2) is 0 Å². The Bertz CT molecular complexity index is 706. The van der Waals surface area contributed by atoms with Crippen molar-refractivity contribution in [1.82, 2.24) is 0 Å². The Morgan fingerprint density at radius 1 is 1.15 bits per heavy atom. The molecule has 2 aromatic rings. The molecule has 1 aliphatic heterocycles. The first kappa shape index (κ1) is 12.9. The van der Waals surface area contributed by atoms with Gasteiger partial charge in [0.2, 0.25) is 0 Å². The van der Waals surface area contributed by atoms with Gasteiger partial charge in [0, 0.05) is 16.9 Å².